The molecule has 0 aromatic carbocycles. The zero-order chi connectivity index (χ0) is 11.0. The third-order valence-corrected chi connectivity index (χ3v) is 2.33. The maximum absolute atomic E-state index is 11.5. The van der Waals surface area contributed by atoms with Crippen LogP contribution in [0.3, 0.4) is 0 Å². The first-order chi connectivity index (χ1) is 6.65. The van der Waals surface area contributed by atoms with Gasteiger partial charge in [-0.05, 0) is 26.2 Å². The summed E-state index contributed by atoms with van der Waals surface area (Å²) in [4.78, 5) is 11.5. The van der Waals surface area contributed by atoms with Crippen LogP contribution in [0.15, 0.2) is 0 Å². The fourth-order valence-electron chi connectivity index (χ4n) is 1.29. The Balaban J connectivity index is 3.79. The largest absolute Gasteiger partial charge is 0.396 e. The molecule has 0 radical (unpaired) electrons. The van der Waals surface area contributed by atoms with Crippen LogP contribution < -0.4 is 11.1 Å². The SMILES string of the molecule is CCC(CN)C(=O)NC(C)CCCO. The van der Waals surface area contributed by atoms with Crippen molar-refractivity contribution in [3.63, 3.8) is 0 Å². The number of amides is 1. The van der Waals surface area contributed by atoms with Gasteiger partial charge in [0.1, 0.15) is 0 Å². The Bertz CT molecular complexity index is 158. The van der Waals surface area contributed by atoms with E-state index in [1.807, 2.05) is 13.8 Å². The standard InChI is InChI=1S/C10H22N2O2/c1-3-9(7-11)10(14)12-8(2)5-4-6-13/h8-9,13H,3-7,11H2,1-2H3,(H,12,14). The molecule has 14 heavy (non-hydrogen) atoms. The summed E-state index contributed by atoms with van der Waals surface area (Å²) in [5.74, 6) is -0.0491. The number of aliphatic hydroxyl groups excluding tert-OH is 1. The fraction of sp³-hybridized carbons (Fsp3) is 0.900. The van der Waals surface area contributed by atoms with Crippen LogP contribution in [-0.2, 0) is 4.79 Å². The van der Waals surface area contributed by atoms with Crippen LogP contribution >= 0.6 is 0 Å². The minimum absolute atomic E-state index is 0.0282. The Kier molecular flexibility index (Phi) is 7.42. The number of aliphatic hydroxyl groups is 1. The Morgan fingerprint density at radius 2 is 2.21 bits per heavy atom. The molecule has 0 aromatic heterocycles. The highest BCUT2D eigenvalue weighted by atomic mass is 16.2. The summed E-state index contributed by atoms with van der Waals surface area (Å²) in [6.07, 6.45) is 2.30. The van der Waals surface area contributed by atoms with Gasteiger partial charge in [-0.2, -0.15) is 0 Å². The molecule has 0 heterocycles. The number of carbonyl (C=O) groups excluding carboxylic acids is 1. The minimum Gasteiger partial charge on any atom is -0.396 e. The van der Waals surface area contributed by atoms with E-state index in [9.17, 15) is 4.79 Å². The van der Waals surface area contributed by atoms with Gasteiger partial charge in [0.2, 0.25) is 5.91 Å². The molecule has 0 aliphatic heterocycles. The Labute approximate surface area is 85.9 Å². The van der Waals surface area contributed by atoms with E-state index in [1.165, 1.54) is 0 Å². The van der Waals surface area contributed by atoms with E-state index in [2.05, 4.69) is 5.32 Å². The van der Waals surface area contributed by atoms with Crippen molar-refractivity contribution in [2.45, 2.75) is 39.2 Å². The molecule has 0 aliphatic carbocycles. The lowest BCUT2D eigenvalue weighted by atomic mass is 10.1. The van der Waals surface area contributed by atoms with Crippen LogP contribution in [0.2, 0.25) is 0 Å². The molecule has 4 N–H and O–H groups in total. The first-order valence-electron chi connectivity index (χ1n) is 5.27. The summed E-state index contributed by atoms with van der Waals surface area (Å²) in [5.41, 5.74) is 5.46. The Morgan fingerprint density at radius 1 is 1.57 bits per heavy atom. The first-order valence-corrected chi connectivity index (χ1v) is 5.27. The third-order valence-electron chi connectivity index (χ3n) is 2.33. The molecule has 2 unspecified atom stereocenters. The molecule has 0 bridgehead atoms. The van der Waals surface area contributed by atoms with Crippen molar-refractivity contribution < 1.29 is 9.90 Å². The van der Waals surface area contributed by atoms with Crippen molar-refractivity contribution in [2.24, 2.45) is 11.7 Å². The summed E-state index contributed by atoms with van der Waals surface area (Å²) in [6, 6.07) is 0.121. The van der Waals surface area contributed by atoms with Gasteiger partial charge in [-0.15, -0.1) is 0 Å². The molecular formula is C10H22N2O2. The van der Waals surface area contributed by atoms with E-state index in [0.717, 1.165) is 19.3 Å². The monoisotopic (exact) mass is 202 g/mol. The number of hydrogen-bond donors (Lipinski definition) is 3. The number of nitrogens with two attached hydrogens (primary N) is 1. The normalized spacial score (nSPS) is 14.9. The number of rotatable bonds is 7. The van der Waals surface area contributed by atoms with Crippen molar-refractivity contribution in [1.29, 1.82) is 0 Å². The van der Waals surface area contributed by atoms with E-state index >= 15 is 0 Å². The Hall–Kier alpha value is -0.610. The molecule has 0 saturated heterocycles. The van der Waals surface area contributed by atoms with Crippen molar-refractivity contribution in [1.82, 2.24) is 5.32 Å². The van der Waals surface area contributed by atoms with Crippen LogP contribution in [-0.4, -0.2) is 30.2 Å². The maximum atomic E-state index is 11.5. The van der Waals surface area contributed by atoms with Gasteiger partial charge in [-0.3, -0.25) is 4.79 Å². The smallest absolute Gasteiger partial charge is 0.224 e. The van der Waals surface area contributed by atoms with Crippen LogP contribution in [0.5, 0.6) is 0 Å². The van der Waals surface area contributed by atoms with Gasteiger partial charge in [-0.1, -0.05) is 6.92 Å². The van der Waals surface area contributed by atoms with Crippen LogP contribution in [0, 0.1) is 5.92 Å². The number of nitrogens with one attached hydrogen (secondary N) is 1. The van der Waals surface area contributed by atoms with Crippen molar-refractivity contribution in [2.75, 3.05) is 13.2 Å². The van der Waals surface area contributed by atoms with Gasteiger partial charge in [0.15, 0.2) is 0 Å². The fourth-order valence-corrected chi connectivity index (χ4v) is 1.29. The second kappa shape index (κ2) is 7.76. The zero-order valence-corrected chi connectivity index (χ0v) is 9.12. The molecular weight excluding hydrogens is 180 g/mol. The summed E-state index contributed by atoms with van der Waals surface area (Å²) in [7, 11) is 0. The summed E-state index contributed by atoms with van der Waals surface area (Å²) in [5, 5.41) is 11.5. The average Bonchev–Trinajstić information content (AvgIpc) is 2.16. The lowest BCUT2D eigenvalue weighted by Crippen LogP contribution is -2.39. The van der Waals surface area contributed by atoms with E-state index in [1.54, 1.807) is 0 Å². The van der Waals surface area contributed by atoms with E-state index in [-0.39, 0.29) is 24.5 Å². The van der Waals surface area contributed by atoms with Crippen molar-refractivity contribution >= 4 is 5.91 Å². The molecule has 0 saturated carbocycles. The Morgan fingerprint density at radius 3 is 2.64 bits per heavy atom. The molecule has 84 valence electrons. The summed E-state index contributed by atoms with van der Waals surface area (Å²) >= 11 is 0. The summed E-state index contributed by atoms with van der Waals surface area (Å²) < 4.78 is 0. The molecule has 0 aliphatic rings. The van der Waals surface area contributed by atoms with E-state index in [0.29, 0.717) is 6.54 Å². The molecule has 0 aromatic rings. The van der Waals surface area contributed by atoms with Crippen LogP contribution in [0.4, 0.5) is 0 Å². The highest BCUT2D eigenvalue weighted by Gasteiger charge is 2.15. The van der Waals surface area contributed by atoms with Gasteiger partial charge in [0.25, 0.3) is 0 Å². The lowest BCUT2D eigenvalue weighted by Gasteiger charge is -2.17. The van der Waals surface area contributed by atoms with Gasteiger partial charge in [-0.25, -0.2) is 0 Å². The first kappa shape index (κ1) is 13.4. The predicted octanol–water partition coefficient (Wildman–Crippen LogP) is 0.249. The second-order valence-electron chi connectivity index (χ2n) is 3.62. The van der Waals surface area contributed by atoms with Crippen LogP contribution in [0.25, 0.3) is 0 Å². The number of hydrogen-bond acceptors (Lipinski definition) is 3. The second-order valence-corrected chi connectivity index (χ2v) is 3.62. The van der Waals surface area contributed by atoms with Gasteiger partial charge in [0.05, 0.1) is 0 Å². The predicted molar refractivity (Wildman–Crippen MR) is 56.8 cm³/mol. The summed E-state index contributed by atoms with van der Waals surface area (Å²) in [6.45, 7) is 4.47. The molecule has 0 spiro atoms. The van der Waals surface area contributed by atoms with Gasteiger partial charge >= 0.3 is 0 Å². The molecule has 0 fully saturated rings. The molecule has 0 rings (SSSR count). The third kappa shape index (κ3) is 5.19. The lowest BCUT2D eigenvalue weighted by molar-refractivity contribution is -0.125. The maximum Gasteiger partial charge on any atom is 0.224 e. The van der Waals surface area contributed by atoms with E-state index in [4.69, 9.17) is 10.8 Å². The molecule has 2 atom stereocenters. The molecule has 1 amide bonds. The average molecular weight is 202 g/mol. The van der Waals surface area contributed by atoms with Crippen molar-refractivity contribution in [3.8, 4) is 0 Å². The topological polar surface area (TPSA) is 75.4 Å². The van der Waals surface area contributed by atoms with Gasteiger partial charge < -0.3 is 16.2 Å². The van der Waals surface area contributed by atoms with Crippen molar-refractivity contribution in [3.05, 3.63) is 0 Å². The van der Waals surface area contributed by atoms with Crippen LogP contribution in [0.1, 0.15) is 33.1 Å². The quantitative estimate of drug-likeness (QED) is 0.554. The van der Waals surface area contributed by atoms with Gasteiger partial charge in [0, 0.05) is 25.1 Å². The minimum atomic E-state index is -0.0772. The van der Waals surface area contributed by atoms with E-state index < -0.39 is 0 Å². The highest BCUT2D eigenvalue weighted by molar-refractivity contribution is 5.79. The highest BCUT2D eigenvalue weighted by Crippen LogP contribution is 2.02. The molecule has 4 nitrogen and oxygen atoms in total. The zero-order valence-electron chi connectivity index (χ0n) is 9.12. The number of carbonyl (C=O) groups is 1. The molecule has 4 heteroatoms.